The maximum atomic E-state index is 12.5. The van der Waals surface area contributed by atoms with Crippen molar-refractivity contribution >= 4 is 40.0 Å². The van der Waals surface area contributed by atoms with E-state index in [1.165, 1.54) is 11.1 Å². The number of nitrogens with one attached hydrogen (secondary N) is 2. The molecule has 0 saturated heterocycles. The SMILES string of the molecule is CCCCNc1nc2cc(C)c(C)cc2n2c(-c3ccc(C(=O)NC4CC4)c(Cl)c3)cnc12. The predicted molar refractivity (Wildman–Crippen MR) is 134 cm³/mol. The lowest BCUT2D eigenvalue weighted by atomic mass is 10.1. The van der Waals surface area contributed by atoms with Crippen LogP contribution in [-0.4, -0.2) is 32.9 Å². The van der Waals surface area contributed by atoms with Gasteiger partial charge in [-0.1, -0.05) is 31.0 Å². The van der Waals surface area contributed by atoms with E-state index < -0.39 is 0 Å². The number of hydrogen-bond donors (Lipinski definition) is 2. The van der Waals surface area contributed by atoms with Gasteiger partial charge in [-0.2, -0.15) is 0 Å². The van der Waals surface area contributed by atoms with E-state index in [-0.39, 0.29) is 11.9 Å². The van der Waals surface area contributed by atoms with E-state index in [1.807, 2.05) is 18.3 Å². The summed E-state index contributed by atoms with van der Waals surface area (Å²) in [6, 6.07) is 10.2. The highest BCUT2D eigenvalue weighted by atomic mass is 35.5. The van der Waals surface area contributed by atoms with Gasteiger partial charge in [0.05, 0.1) is 33.5 Å². The molecule has 33 heavy (non-hydrogen) atoms. The van der Waals surface area contributed by atoms with E-state index in [4.69, 9.17) is 21.6 Å². The highest BCUT2D eigenvalue weighted by Gasteiger charge is 2.25. The third kappa shape index (κ3) is 4.15. The van der Waals surface area contributed by atoms with Crippen LogP contribution < -0.4 is 10.6 Å². The molecule has 2 aromatic carbocycles. The van der Waals surface area contributed by atoms with E-state index in [1.54, 1.807) is 6.07 Å². The van der Waals surface area contributed by atoms with Gasteiger partial charge in [0, 0.05) is 18.2 Å². The molecule has 4 aromatic rings. The number of fused-ring (bicyclic) bond motifs is 3. The van der Waals surface area contributed by atoms with Crippen LogP contribution in [0.4, 0.5) is 5.82 Å². The van der Waals surface area contributed by atoms with E-state index in [2.05, 4.69) is 47.9 Å². The van der Waals surface area contributed by atoms with Gasteiger partial charge in [0.25, 0.3) is 5.91 Å². The Hall–Kier alpha value is -3.12. The van der Waals surface area contributed by atoms with Crippen LogP contribution in [0.25, 0.3) is 27.9 Å². The maximum absolute atomic E-state index is 12.5. The Labute approximate surface area is 198 Å². The molecule has 0 aliphatic heterocycles. The fourth-order valence-corrected chi connectivity index (χ4v) is 4.31. The molecular weight excluding hydrogens is 434 g/mol. The Morgan fingerprint density at radius 1 is 1.18 bits per heavy atom. The number of rotatable bonds is 7. The molecule has 1 aliphatic carbocycles. The van der Waals surface area contributed by atoms with E-state index >= 15 is 0 Å². The van der Waals surface area contributed by atoms with Gasteiger partial charge >= 0.3 is 0 Å². The lowest BCUT2D eigenvalue weighted by molar-refractivity contribution is 0.0951. The topological polar surface area (TPSA) is 71.3 Å². The number of unbranched alkanes of at least 4 members (excludes halogenated alkanes) is 1. The standard InChI is InChI=1S/C26H28ClN5O/c1-4-5-10-28-24-25-29-14-23(32(25)22-12-16(3)15(2)11-21(22)31-24)17-6-9-19(20(27)13-17)26(33)30-18-7-8-18/h6,9,11-14,18H,4-5,7-8,10H2,1-3H3,(H,28,31)(H,30,33). The summed E-state index contributed by atoms with van der Waals surface area (Å²) in [6.45, 7) is 7.22. The van der Waals surface area contributed by atoms with Crippen molar-refractivity contribution in [3.8, 4) is 11.3 Å². The molecule has 170 valence electrons. The fraction of sp³-hybridized carbons (Fsp3) is 0.346. The monoisotopic (exact) mass is 461 g/mol. The highest BCUT2D eigenvalue weighted by molar-refractivity contribution is 6.34. The third-order valence-corrected chi connectivity index (χ3v) is 6.60. The Kier molecular flexibility index (Phi) is 5.71. The first kappa shape index (κ1) is 21.7. The molecule has 1 saturated carbocycles. The predicted octanol–water partition coefficient (Wildman–Crippen LogP) is 5.92. The first-order chi connectivity index (χ1) is 16.0. The number of carbonyl (C=O) groups excluding carboxylic acids is 1. The molecule has 0 radical (unpaired) electrons. The second-order valence-electron chi connectivity index (χ2n) is 8.91. The molecule has 0 bridgehead atoms. The summed E-state index contributed by atoms with van der Waals surface area (Å²) >= 11 is 6.56. The molecule has 5 rings (SSSR count). The molecule has 1 aliphatic rings. The van der Waals surface area contributed by atoms with Crippen molar-refractivity contribution in [2.24, 2.45) is 0 Å². The van der Waals surface area contributed by atoms with Gasteiger partial charge in [-0.25, -0.2) is 9.97 Å². The van der Waals surface area contributed by atoms with Crippen LogP contribution in [0.5, 0.6) is 0 Å². The Morgan fingerprint density at radius 2 is 1.97 bits per heavy atom. The van der Waals surface area contributed by atoms with Crippen LogP contribution in [0, 0.1) is 13.8 Å². The summed E-state index contributed by atoms with van der Waals surface area (Å²) in [5, 5.41) is 6.91. The fourth-order valence-electron chi connectivity index (χ4n) is 4.04. The van der Waals surface area contributed by atoms with Gasteiger partial charge in [-0.05, 0) is 68.5 Å². The van der Waals surface area contributed by atoms with Crippen LogP contribution in [0.3, 0.4) is 0 Å². The normalized spacial score (nSPS) is 13.6. The summed E-state index contributed by atoms with van der Waals surface area (Å²) in [6.07, 6.45) is 6.10. The van der Waals surface area contributed by atoms with Gasteiger partial charge in [-0.15, -0.1) is 0 Å². The number of carbonyl (C=O) groups is 1. The maximum Gasteiger partial charge on any atom is 0.253 e. The van der Waals surface area contributed by atoms with Crippen LogP contribution in [-0.2, 0) is 0 Å². The summed E-state index contributed by atoms with van der Waals surface area (Å²) in [5.41, 5.74) is 7.40. The highest BCUT2D eigenvalue weighted by Crippen LogP contribution is 2.32. The molecule has 2 N–H and O–H groups in total. The zero-order chi connectivity index (χ0) is 23.1. The Morgan fingerprint density at radius 3 is 2.70 bits per heavy atom. The van der Waals surface area contributed by atoms with Crippen molar-refractivity contribution in [1.29, 1.82) is 0 Å². The van der Waals surface area contributed by atoms with Gasteiger partial charge in [0.2, 0.25) is 0 Å². The summed E-state index contributed by atoms with van der Waals surface area (Å²) in [4.78, 5) is 22.1. The zero-order valence-electron chi connectivity index (χ0n) is 19.2. The minimum absolute atomic E-state index is 0.115. The number of anilines is 1. The lowest BCUT2D eigenvalue weighted by Crippen LogP contribution is -2.25. The molecule has 7 heteroatoms. The molecule has 1 fully saturated rings. The molecule has 2 aromatic heterocycles. The van der Waals surface area contributed by atoms with Gasteiger partial charge in [-0.3, -0.25) is 9.20 Å². The molecular formula is C26H28ClN5O. The van der Waals surface area contributed by atoms with Crippen LogP contribution >= 0.6 is 11.6 Å². The van der Waals surface area contributed by atoms with Gasteiger partial charge in [0.1, 0.15) is 0 Å². The number of hydrogen-bond acceptors (Lipinski definition) is 4. The first-order valence-corrected chi connectivity index (χ1v) is 12.0. The second kappa shape index (κ2) is 8.67. The van der Waals surface area contributed by atoms with Crippen molar-refractivity contribution in [2.75, 3.05) is 11.9 Å². The molecule has 0 unspecified atom stereocenters. The quantitative estimate of drug-likeness (QED) is 0.335. The number of aryl methyl sites for hydroxylation is 2. The number of imidazole rings is 1. The van der Waals surface area contributed by atoms with Crippen LogP contribution in [0.15, 0.2) is 36.5 Å². The average Bonchev–Trinajstić information content (AvgIpc) is 3.49. The van der Waals surface area contributed by atoms with E-state index in [0.717, 1.165) is 66.0 Å². The summed E-state index contributed by atoms with van der Waals surface area (Å²) in [5.74, 6) is 0.660. The number of aromatic nitrogens is 3. The Bertz CT molecular complexity index is 1370. The molecule has 0 atom stereocenters. The summed E-state index contributed by atoms with van der Waals surface area (Å²) in [7, 11) is 0. The zero-order valence-corrected chi connectivity index (χ0v) is 20.0. The molecule has 6 nitrogen and oxygen atoms in total. The van der Waals surface area contributed by atoms with Crippen molar-refractivity contribution in [3.63, 3.8) is 0 Å². The van der Waals surface area contributed by atoms with Crippen molar-refractivity contribution in [3.05, 3.63) is 58.2 Å². The van der Waals surface area contributed by atoms with Gasteiger partial charge < -0.3 is 10.6 Å². The average molecular weight is 462 g/mol. The molecule has 2 heterocycles. The van der Waals surface area contributed by atoms with Crippen molar-refractivity contribution in [2.45, 2.75) is 52.5 Å². The van der Waals surface area contributed by atoms with Crippen molar-refractivity contribution < 1.29 is 4.79 Å². The third-order valence-electron chi connectivity index (χ3n) is 6.28. The second-order valence-corrected chi connectivity index (χ2v) is 9.32. The number of benzene rings is 2. The summed E-state index contributed by atoms with van der Waals surface area (Å²) < 4.78 is 2.14. The van der Waals surface area contributed by atoms with Crippen LogP contribution in [0.1, 0.15) is 54.1 Å². The lowest BCUT2D eigenvalue weighted by Gasteiger charge is -2.13. The van der Waals surface area contributed by atoms with E-state index in [9.17, 15) is 4.79 Å². The Balaban J connectivity index is 1.64. The number of halogens is 1. The van der Waals surface area contributed by atoms with Crippen molar-refractivity contribution in [1.82, 2.24) is 19.7 Å². The molecule has 1 amide bonds. The van der Waals surface area contributed by atoms with Gasteiger partial charge in [0.15, 0.2) is 11.5 Å². The minimum Gasteiger partial charge on any atom is -0.367 e. The smallest absolute Gasteiger partial charge is 0.253 e. The molecule has 0 spiro atoms. The van der Waals surface area contributed by atoms with E-state index in [0.29, 0.717) is 10.6 Å². The van der Waals surface area contributed by atoms with Crippen LogP contribution in [0.2, 0.25) is 5.02 Å². The first-order valence-electron chi connectivity index (χ1n) is 11.6. The number of nitrogens with zero attached hydrogens (tertiary/aromatic N) is 3. The minimum atomic E-state index is -0.115. The largest absolute Gasteiger partial charge is 0.367 e. The number of amides is 1.